The molecule has 0 amide bonds. The van der Waals surface area contributed by atoms with Gasteiger partial charge in [-0.1, -0.05) is 17.7 Å². The van der Waals surface area contributed by atoms with Crippen LogP contribution in [0.15, 0.2) is 18.2 Å². The first-order valence-corrected chi connectivity index (χ1v) is 6.33. The highest BCUT2D eigenvalue weighted by molar-refractivity contribution is 6.32. The molecule has 0 aromatic heterocycles. The number of rotatable bonds is 9. The number of hydrogen-bond donors (Lipinski definition) is 1. The van der Waals surface area contributed by atoms with Crippen LogP contribution in [-0.4, -0.2) is 40.1 Å². The molecule has 0 saturated heterocycles. The van der Waals surface area contributed by atoms with Crippen molar-refractivity contribution in [2.75, 3.05) is 40.1 Å². The summed E-state index contributed by atoms with van der Waals surface area (Å²) in [5.74, 6) is 0.674. The lowest BCUT2D eigenvalue weighted by molar-refractivity contribution is 0.0544. The summed E-state index contributed by atoms with van der Waals surface area (Å²) in [6.45, 7) is 2.77. The normalized spacial score (nSPS) is 10.6. The third-order valence-electron chi connectivity index (χ3n) is 2.35. The van der Waals surface area contributed by atoms with Crippen molar-refractivity contribution in [1.82, 2.24) is 0 Å². The molecule has 1 rings (SSSR count). The van der Waals surface area contributed by atoms with Gasteiger partial charge in [0, 0.05) is 7.11 Å². The average Bonchev–Trinajstić information content (AvgIpc) is 2.36. The Labute approximate surface area is 113 Å². The Morgan fingerprint density at radius 1 is 1.17 bits per heavy atom. The van der Waals surface area contributed by atoms with Crippen molar-refractivity contribution in [2.24, 2.45) is 5.73 Å². The molecule has 1 aromatic rings. The van der Waals surface area contributed by atoms with E-state index in [1.807, 2.05) is 18.2 Å². The fraction of sp³-hybridized carbons (Fsp3) is 0.538. The fourth-order valence-corrected chi connectivity index (χ4v) is 1.70. The van der Waals surface area contributed by atoms with Crippen LogP contribution in [0.5, 0.6) is 5.75 Å². The molecule has 0 heterocycles. The third-order valence-corrected chi connectivity index (χ3v) is 2.64. The SMILES string of the molecule is COCCOCCOc1ccc(CCN)cc1Cl. The molecule has 0 aliphatic carbocycles. The van der Waals surface area contributed by atoms with E-state index in [0.717, 1.165) is 12.0 Å². The summed E-state index contributed by atoms with van der Waals surface area (Å²) in [6.07, 6.45) is 0.820. The van der Waals surface area contributed by atoms with Gasteiger partial charge in [0.25, 0.3) is 0 Å². The molecule has 0 fully saturated rings. The van der Waals surface area contributed by atoms with Crippen LogP contribution in [-0.2, 0) is 15.9 Å². The molecule has 0 radical (unpaired) electrons. The minimum Gasteiger partial charge on any atom is -0.490 e. The van der Waals surface area contributed by atoms with E-state index >= 15 is 0 Å². The van der Waals surface area contributed by atoms with Gasteiger partial charge >= 0.3 is 0 Å². The molecule has 0 unspecified atom stereocenters. The number of ether oxygens (including phenoxy) is 3. The van der Waals surface area contributed by atoms with Gasteiger partial charge in [-0.2, -0.15) is 0 Å². The third kappa shape index (κ3) is 5.69. The second-order valence-corrected chi connectivity index (χ2v) is 4.16. The van der Waals surface area contributed by atoms with Crippen LogP contribution in [0.2, 0.25) is 5.02 Å². The molecule has 0 atom stereocenters. The molecule has 0 aliphatic heterocycles. The number of methoxy groups -OCH3 is 1. The van der Waals surface area contributed by atoms with Crippen molar-refractivity contribution < 1.29 is 14.2 Å². The molecule has 18 heavy (non-hydrogen) atoms. The Morgan fingerprint density at radius 3 is 2.61 bits per heavy atom. The van der Waals surface area contributed by atoms with Gasteiger partial charge in [-0.05, 0) is 30.7 Å². The molecule has 4 nitrogen and oxygen atoms in total. The highest BCUT2D eigenvalue weighted by Gasteiger charge is 2.02. The molecule has 2 N–H and O–H groups in total. The molecular formula is C13H20ClNO3. The summed E-state index contributed by atoms with van der Waals surface area (Å²) in [7, 11) is 1.64. The number of benzene rings is 1. The molecule has 0 spiro atoms. The zero-order valence-electron chi connectivity index (χ0n) is 10.7. The summed E-state index contributed by atoms with van der Waals surface area (Å²) in [5.41, 5.74) is 6.60. The van der Waals surface area contributed by atoms with E-state index in [1.165, 1.54) is 0 Å². The van der Waals surface area contributed by atoms with Gasteiger partial charge in [-0.3, -0.25) is 0 Å². The maximum absolute atomic E-state index is 6.10. The molecule has 5 heteroatoms. The summed E-state index contributed by atoms with van der Waals surface area (Å²) in [4.78, 5) is 0. The first-order chi connectivity index (χ1) is 8.77. The molecule has 0 saturated carbocycles. The van der Waals surface area contributed by atoms with Crippen LogP contribution >= 0.6 is 11.6 Å². The topological polar surface area (TPSA) is 53.7 Å². The molecular weight excluding hydrogens is 254 g/mol. The average molecular weight is 274 g/mol. The number of nitrogens with two attached hydrogens (primary N) is 1. The van der Waals surface area contributed by atoms with Crippen molar-refractivity contribution in [3.63, 3.8) is 0 Å². The van der Waals surface area contributed by atoms with Crippen molar-refractivity contribution >= 4 is 11.6 Å². The van der Waals surface area contributed by atoms with Crippen LogP contribution in [0, 0.1) is 0 Å². The number of hydrogen-bond acceptors (Lipinski definition) is 4. The lowest BCUT2D eigenvalue weighted by Crippen LogP contribution is -2.10. The van der Waals surface area contributed by atoms with Crippen LogP contribution < -0.4 is 10.5 Å². The van der Waals surface area contributed by atoms with E-state index in [9.17, 15) is 0 Å². The van der Waals surface area contributed by atoms with E-state index in [-0.39, 0.29) is 0 Å². The van der Waals surface area contributed by atoms with Gasteiger partial charge in [0.05, 0.1) is 24.8 Å². The van der Waals surface area contributed by atoms with Gasteiger partial charge in [0.1, 0.15) is 12.4 Å². The highest BCUT2D eigenvalue weighted by Crippen LogP contribution is 2.25. The molecule has 1 aromatic carbocycles. The van der Waals surface area contributed by atoms with Crippen molar-refractivity contribution in [3.05, 3.63) is 28.8 Å². The van der Waals surface area contributed by atoms with E-state index < -0.39 is 0 Å². The first-order valence-electron chi connectivity index (χ1n) is 5.96. The van der Waals surface area contributed by atoms with Gasteiger partial charge in [-0.15, -0.1) is 0 Å². The minimum atomic E-state index is 0.472. The van der Waals surface area contributed by atoms with Gasteiger partial charge < -0.3 is 19.9 Å². The van der Waals surface area contributed by atoms with Gasteiger partial charge in [-0.25, -0.2) is 0 Å². The Bertz CT molecular complexity index is 347. The minimum absolute atomic E-state index is 0.472. The van der Waals surface area contributed by atoms with Crippen LogP contribution in [0.1, 0.15) is 5.56 Å². The van der Waals surface area contributed by atoms with Crippen molar-refractivity contribution in [2.45, 2.75) is 6.42 Å². The zero-order chi connectivity index (χ0) is 13.2. The Balaban J connectivity index is 2.29. The predicted octanol–water partition coefficient (Wildman–Crippen LogP) is 1.88. The predicted molar refractivity (Wildman–Crippen MR) is 72.4 cm³/mol. The Morgan fingerprint density at radius 2 is 1.94 bits per heavy atom. The van der Waals surface area contributed by atoms with E-state index in [1.54, 1.807) is 7.11 Å². The van der Waals surface area contributed by atoms with E-state index in [0.29, 0.717) is 43.7 Å². The Hall–Kier alpha value is -0.810. The van der Waals surface area contributed by atoms with Crippen molar-refractivity contribution in [3.8, 4) is 5.75 Å². The van der Waals surface area contributed by atoms with E-state index in [2.05, 4.69) is 0 Å². The lowest BCUT2D eigenvalue weighted by Gasteiger charge is -2.09. The standard InChI is InChI=1S/C13H20ClNO3/c1-16-6-7-17-8-9-18-13-3-2-11(4-5-15)10-12(13)14/h2-3,10H,4-9,15H2,1H3. The monoisotopic (exact) mass is 273 g/mol. The van der Waals surface area contributed by atoms with Crippen LogP contribution in [0.25, 0.3) is 0 Å². The summed E-state index contributed by atoms with van der Waals surface area (Å²) in [5, 5.41) is 0.609. The maximum atomic E-state index is 6.10. The molecule has 0 bridgehead atoms. The zero-order valence-corrected chi connectivity index (χ0v) is 11.4. The summed E-state index contributed by atoms with van der Waals surface area (Å²) in [6, 6.07) is 5.72. The first kappa shape index (κ1) is 15.2. The second-order valence-electron chi connectivity index (χ2n) is 3.76. The maximum Gasteiger partial charge on any atom is 0.138 e. The second kappa shape index (κ2) is 9.16. The van der Waals surface area contributed by atoms with Gasteiger partial charge in [0.15, 0.2) is 0 Å². The van der Waals surface area contributed by atoms with Crippen LogP contribution in [0.4, 0.5) is 0 Å². The van der Waals surface area contributed by atoms with Crippen molar-refractivity contribution in [1.29, 1.82) is 0 Å². The highest BCUT2D eigenvalue weighted by atomic mass is 35.5. The molecule has 0 aliphatic rings. The summed E-state index contributed by atoms with van der Waals surface area (Å²) >= 11 is 6.10. The van der Waals surface area contributed by atoms with Gasteiger partial charge in [0.2, 0.25) is 0 Å². The molecule has 102 valence electrons. The van der Waals surface area contributed by atoms with Crippen LogP contribution in [0.3, 0.4) is 0 Å². The smallest absolute Gasteiger partial charge is 0.138 e. The van der Waals surface area contributed by atoms with E-state index in [4.69, 9.17) is 31.5 Å². The number of halogens is 1. The quantitative estimate of drug-likeness (QED) is 0.698. The Kier molecular flexibility index (Phi) is 7.76. The summed E-state index contributed by atoms with van der Waals surface area (Å²) < 4.78 is 15.7. The lowest BCUT2D eigenvalue weighted by atomic mass is 10.1. The largest absolute Gasteiger partial charge is 0.490 e. The fourth-order valence-electron chi connectivity index (χ4n) is 1.44.